The zero-order valence-electron chi connectivity index (χ0n) is 14.8. The molecule has 2 N–H and O–H groups in total. The number of nitrogens with one attached hydrogen (secondary N) is 2. The number of anilines is 1. The smallest absolute Gasteiger partial charge is 0.270 e. The van der Waals surface area contributed by atoms with Crippen LogP contribution in [0.3, 0.4) is 0 Å². The molecule has 0 saturated heterocycles. The first-order valence-corrected chi connectivity index (χ1v) is 9.14. The van der Waals surface area contributed by atoms with Gasteiger partial charge >= 0.3 is 0 Å². The van der Waals surface area contributed by atoms with Gasteiger partial charge in [-0.05, 0) is 37.0 Å². The highest BCUT2D eigenvalue weighted by Crippen LogP contribution is 2.19. The highest BCUT2D eigenvalue weighted by Gasteiger charge is 2.14. The van der Waals surface area contributed by atoms with Crippen LogP contribution in [0.4, 0.5) is 5.95 Å². The Kier molecular flexibility index (Phi) is 5.99. The van der Waals surface area contributed by atoms with Crippen molar-refractivity contribution in [2.45, 2.75) is 58.0 Å². The number of carbonyl (C=O) groups excluding carboxylic acids is 1. The molecule has 1 aromatic heterocycles. The van der Waals surface area contributed by atoms with E-state index in [9.17, 15) is 4.79 Å². The summed E-state index contributed by atoms with van der Waals surface area (Å²) in [5.41, 5.74) is 2.68. The maximum atomic E-state index is 12.4. The van der Waals surface area contributed by atoms with Gasteiger partial charge < -0.3 is 10.6 Å². The largest absolute Gasteiger partial charge is 0.351 e. The minimum atomic E-state index is -0.172. The van der Waals surface area contributed by atoms with Crippen molar-refractivity contribution in [3.8, 4) is 0 Å². The Morgan fingerprint density at radius 1 is 1.12 bits per heavy atom. The van der Waals surface area contributed by atoms with Gasteiger partial charge in [0.15, 0.2) is 0 Å². The third-order valence-corrected chi connectivity index (χ3v) is 4.78. The highest BCUT2D eigenvalue weighted by atomic mass is 16.1. The fraction of sp³-hybridized carbons (Fsp3) is 0.450. The van der Waals surface area contributed by atoms with Crippen molar-refractivity contribution >= 4 is 11.9 Å². The normalized spacial score (nSPS) is 15.4. The Bertz CT molecular complexity index is 708. The molecule has 0 bridgehead atoms. The fourth-order valence-electron chi connectivity index (χ4n) is 3.24. The lowest BCUT2D eigenvalue weighted by Crippen LogP contribution is -2.25. The maximum absolute atomic E-state index is 12.4. The summed E-state index contributed by atoms with van der Waals surface area (Å²) in [6, 6.07) is 10.1. The van der Waals surface area contributed by atoms with Crippen LogP contribution in [0.25, 0.3) is 0 Å². The second kappa shape index (κ2) is 8.60. The number of aromatic nitrogens is 2. The summed E-state index contributed by atoms with van der Waals surface area (Å²) in [4.78, 5) is 21.1. The van der Waals surface area contributed by atoms with Gasteiger partial charge in [-0.25, -0.2) is 9.97 Å². The molecule has 0 unspecified atom stereocenters. The standard InChI is InChI=1S/C20H26N4O/c1-15-8-6-7-9-16(15)14-22-19(25)18-12-13-21-20(24-18)23-17-10-4-2-3-5-11-17/h6-9,12-13,17H,2-5,10-11,14H2,1H3,(H,22,25)(H,21,23,24). The molecule has 0 aliphatic heterocycles. The van der Waals surface area contributed by atoms with Gasteiger partial charge in [0, 0.05) is 18.8 Å². The van der Waals surface area contributed by atoms with Gasteiger partial charge in [0.05, 0.1) is 0 Å². The summed E-state index contributed by atoms with van der Waals surface area (Å²) in [5.74, 6) is 0.380. The summed E-state index contributed by atoms with van der Waals surface area (Å²) in [6.07, 6.45) is 9.04. The predicted octanol–water partition coefficient (Wildman–Crippen LogP) is 3.85. The van der Waals surface area contributed by atoms with Crippen molar-refractivity contribution in [1.29, 1.82) is 0 Å². The molecule has 5 nitrogen and oxygen atoms in total. The van der Waals surface area contributed by atoms with Gasteiger partial charge in [0.1, 0.15) is 5.69 Å². The number of rotatable bonds is 5. The molecule has 3 rings (SSSR count). The van der Waals surface area contributed by atoms with E-state index in [1.54, 1.807) is 12.3 Å². The number of hydrogen-bond donors (Lipinski definition) is 2. The molecule has 1 amide bonds. The molecule has 2 aromatic rings. The van der Waals surface area contributed by atoms with E-state index in [1.807, 2.05) is 31.2 Å². The van der Waals surface area contributed by atoms with Gasteiger partial charge in [-0.2, -0.15) is 0 Å². The van der Waals surface area contributed by atoms with Crippen LogP contribution in [0.2, 0.25) is 0 Å². The molecule has 1 aliphatic carbocycles. The predicted molar refractivity (Wildman–Crippen MR) is 99.5 cm³/mol. The topological polar surface area (TPSA) is 66.9 Å². The quantitative estimate of drug-likeness (QED) is 0.813. The lowest BCUT2D eigenvalue weighted by molar-refractivity contribution is 0.0946. The zero-order valence-corrected chi connectivity index (χ0v) is 14.8. The Morgan fingerprint density at radius 2 is 1.88 bits per heavy atom. The molecule has 5 heteroatoms. The van der Waals surface area contributed by atoms with Crippen molar-refractivity contribution in [3.05, 3.63) is 53.3 Å². The summed E-state index contributed by atoms with van der Waals surface area (Å²) in [5, 5.41) is 6.34. The van der Waals surface area contributed by atoms with Crippen molar-refractivity contribution < 1.29 is 4.79 Å². The first kappa shape index (κ1) is 17.4. The van der Waals surface area contributed by atoms with Crippen LogP contribution >= 0.6 is 0 Å². The van der Waals surface area contributed by atoms with Crippen LogP contribution in [0.5, 0.6) is 0 Å². The van der Waals surface area contributed by atoms with E-state index in [0.29, 0.717) is 24.2 Å². The molecule has 0 radical (unpaired) electrons. The molecule has 1 saturated carbocycles. The Hall–Kier alpha value is -2.43. The molecular formula is C20H26N4O. The average Bonchev–Trinajstić information content (AvgIpc) is 2.90. The minimum Gasteiger partial charge on any atom is -0.351 e. The van der Waals surface area contributed by atoms with Gasteiger partial charge in [0.25, 0.3) is 5.91 Å². The molecule has 1 aromatic carbocycles. The Balaban J connectivity index is 1.60. The number of hydrogen-bond acceptors (Lipinski definition) is 4. The van der Waals surface area contributed by atoms with Crippen LogP contribution in [-0.4, -0.2) is 21.9 Å². The lowest BCUT2D eigenvalue weighted by atomic mass is 10.1. The van der Waals surface area contributed by atoms with Crippen LogP contribution in [-0.2, 0) is 6.54 Å². The lowest BCUT2D eigenvalue weighted by Gasteiger charge is -2.16. The number of carbonyl (C=O) groups is 1. The fourth-order valence-corrected chi connectivity index (χ4v) is 3.24. The van der Waals surface area contributed by atoms with Crippen LogP contribution in [0.1, 0.15) is 60.1 Å². The zero-order chi connectivity index (χ0) is 17.5. The van der Waals surface area contributed by atoms with Crippen LogP contribution < -0.4 is 10.6 Å². The summed E-state index contributed by atoms with van der Waals surface area (Å²) in [7, 11) is 0. The first-order valence-electron chi connectivity index (χ1n) is 9.14. The minimum absolute atomic E-state index is 0.172. The van der Waals surface area contributed by atoms with E-state index in [2.05, 4.69) is 20.6 Å². The van der Waals surface area contributed by atoms with E-state index < -0.39 is 0 Å². The number of amides is 1. The van der Waals surface area contributed by atoms with E-state index in [-0.39, 0.29) is 5.91 Å². The SMILES string of the molecule is Cc1ccccc1CNC(=O)c1ccnc(NC2CCCCCC2)n1. The second-order valence-electron chi connectivity index (χ2n) is 6.71. The number of aryl methyl sites for hydroxylation is 1. The van der Waals surface area contributed by atoms with E-state index in [0.717, 1.165) is 18.4 Å². The van der Waals surface area contributed by atoms with Crippen molar-refractivity contribution in [2.24, 2.45) is 0 Å². The van der Waals surface area contributed by atoms with Crippen LogP contribution in [0.15, 0.2) is 36.5 Å². The maximum Gasteiger partial charge on any atom is 0.270 e. The molecule has 1 fully saturated rings. The molecule has 1 heterocycles. The first-order chi connectivity index (χ1) is 12.2. The number of nitrogens with zero attached hydrogens (tertiary/aromatic N) is 2. The van der Waals surface area contributed by atoms with Gasteiger partial charge in [0.2, 0.25) is 5.95 Å². The average molecular weight is 338 g/mol. The Labute approximate surface area is 149 Å². The Morgan fingerprint density at radius 3 is 2.64 bits per heavy atom. The molecule has 25 heavy (non-hydrogen) atoms. The summed E-state index contributed by atoms with van der Waals surface area (Å²) in [6.45, 7) is 2.54. The van der Waals surface area contributed by atoms with Crippen LogP contribution in [0, 0.1) is 6.92 Å². The number of benzene rings is 1. The van der Waals surface area contributed by atoms with Gasteiger partial charge in [-0.1, -0.05) is 49.9 Å². The van der Waals surface area contributed by atoms with E-state index in [4.69, 9.17) is 0 Å². The third kappa shape index (κ3) is 5.02. The van der Waals surface area contributed by atoms with Gasteiger partial charge in [-0.3, -0.25) is 4.79 Å². The molecule has 0 spiro atoms. The van der Waals surface area contributed by atoms with Crippen molar-refractivity contribution in [1.82, 2.24) is 15.3 Å². The van der Waals surface area contributed by atoms with E-state index >= 15 is 0 Å². The summed E-state index contributed by atoms with van der Waals surface area (Å²) < 4.78 is 0. The highest BCUT2D eigenvalue weighted by molar-refractivity contribution is 5.92. The van der Waals surface area contributed by atoms with E-state index in [1.165, 1.54) is 31.2 Å². The van der Waals surface area contributed by atoms with Gasteiger partial charge in [-0.15, -0.1) is 0 Å². The van der Waals surface area contributed by atoms with Crippen molar-refractivity contribution in [2.75, 3.05) is 5.32 Å². The molecular weight excluding hydrogens is 312 g/mol. The van der Waals surface area contributed by atoms with Crippen molar-refractivity contribution in [3.63, 3.8) is 0 Å². The monoisotopic (exact) mass is 338 g/mol. The molecule has 1 aliphatic rings. The second-order valence-corrected chi connectivity index (χ2v) is 6.71. The molecule has 0 atom stereocenters. The molecule has 132 valence electrons. The third-order valence-electron chi connectivity index (χ3n) is 4.78. The summed E-state index contributed by atoms with van der Waals surface area (Å²) >= 11 is 0.